The number of aromatic nitrogens is 3. The lowest BCUT2D eigenvalue weighted by Gasteiger charge is -2.11. The highest BCUT2D eigenvalue weighted by Gasteiger charge is 2.26. The van der Waals surface area contributed by atoms with Crippen molar-refractivity contribution in [3.63, 3.8) is 0 Å². The van der Waals surface area contributed by atoms with Gasteiger partial charge in [-0.05, 0) is 49.6 Å². The highest BCUT2D eigenvalue weighted by atomic mass is 16.3. The van der Waals surface area contributed by atoms with E-state index in [9.17, 15) is 14.7 Å². The maximum atomic E-state index is 12.7. The molecule has 0 radical (unpaired) electrons. The Kier molecular flexibility index (Phi) is 6.30. The summed E-state index contributed by atoms with van der Waals surface area (Å²) < 4.78 is 3.18. The number of nitrogens with one attached hydrogen (secondary N) is 2. The number of phenols is 1. The molecule has 32 heavy (non-hydrogen) atoms. The maximum Gasteiger partial charge on any atom is 0.342 e. The van der Waals surface area contributed by atoms with E-state index in [2.05, 4.69) is 15.7 Å². The molecule has 3 N–H and O–H groups in total. The van der Waals surface area contributed by atoms with Gasteiger partial charge in [0.2, 0.25) is 0 Å². The number of hydrogen-bond acceptors (Lipinski definition) is 4. The summed E-state index contributed by atoms with van der Waals surface area (Å²) in [5.41, 5.74) is 2.94. The van der Waals surface area contributed by atoms with Crippen LogP contribution in [0, 0.1) is 0 Å². The average molecular weight is 436 g/mol. The van der Waals surface area contributed by atoms with Gasteiger partial charge >= 0.3 is 6.03 Å². The van der Waals surface area contributed by atoms with E-state index in [0.29, 0.717) is 29.2 Å². The number of aromatic hydroxyl groups is 1. The molecule has 0 spiro atoms. The highest BCUT2D eigenvalue weighted by molar-refractivity contribution is 6.03. The number of benzene rings is 1. The maximum absolute atomic E-state index is 12.7. The van der Waals surface area contributed by atoms with Crippen LogP contribution in [0.25, 0.3) is 11.3 Å². The Hall–Kier alpha value is -3.55. The molecule has 0 aliphatic heterocycles. The van der Waals surface area contributed by atoms with Crippen molar-refractivity contribution in [1.82, 2.24) is 19.7 Å². The molecule has 3 aromatic rings. The minimum absolute atomic E-state index is 0.00808. The molecule has 2 heterocycles. The van der Waals surface area contributed by atoms with E-state index in [1.807, 2.05) is 13.0 Å². The fourth-order valence-electron chi connectivity index (χ4n) is 4.23. The van der Waals surface area contributed by atoms with Gasteiger partial charge in [-0.2, -0.15) is 9.78 Å². The van der Waals surface area contributed by atoms with E-state index in [4.69, 9.17) is 0 Å². The second kappa shape index (κ2) is 9.30. The van der Waals surface area contributed by atoms with Crippen LogP contribution in [0.1, 0.15) is 61.1 Å². The molecule has 1 saturated carbocycles. The molecule has 1 aromatic carbocycles. The number of aryl methyl sites for hydroxylation is 1. The molecule has 0 bridgehead atoms. The summed E-state index contributed by atoms with van der Waals surface area (Å²) in [5.74, 6) is 0.0194. The highest BCUT2D eigenvalue weighted by Crippen LogP contribution is 2.38. The zero-order chi connectivity index (χ0) is 22.7. The Labute approximate surface area is 187 Å². The van der Waals surface area contributed by atoms with Crippen molar-refractivity contribution in [1.29, 1.82) is 0 Å². The van der Waals surface area contributed by atoms with Crippen LogP contribution in [0.3, 0.4) is 0 Å². The van der Waals surface area contributed by atoms with Gasteiger partial charge in [0.1, 0.15) is 11.4 Å². The van der Waals surface area contributed by atoms with Crippen molar-refractivity contribution in [2.45, 2.75) is 44.9 Å². The summed E-state index contributed by atoms with van der Waals surface area (Å²) in [5, 5.41) is 20.9. The van der Waals surface area contributed by atoms with Gasteiger partial charge in [0, 0.05) is 43.0 Å². The normalized spacial score (nSPS) is 13.9. The first-order chi connectivity index (χ1) is 15.5. The van der Waals surface area contributed by atoms with Gasteiger partial charge in [0.05, 0.1) is 11.4 Å². The molecule has 4 rings (SSSR count). The van der Waals surface area contributed by atoms with Crippen LogP contribution in [0.2, 0.25) is 0 Å². The van der Waals surface area contributed by atoms with Gasteiger partial charge in [0.15, 0.2) is 0 Å². The van der Waals surface area contributed by atoms with E-state index in [0.717, 1.165) is 37.8 Å². The van der Waals surface area contributed by atoms with Crippen molar-refractivity contribution in [2.24, 2.45) is 7.05 Å². The smallest absolute Gasteiger partial charge is 0.342 e. The van der Waals surface area contributed by atoms with Crippen molar-refractivity contribution >= 4 is 17.6 Å². The monoisotopic (exact) mass is 435 g/mol. The van der Waals surface area contributed by atoms with E-state index < -0.39 is 0 Å². The van der Waals surface area contributed by atoms with Crippen molar-refractivity contribution in [3.8, 4) is 17.0 Å². The van der Waals surface area contributed by atoms with E-state index >= 15 is 0 Å². The third-order valence-corrected chi connectivity index (χ3v) is 5.94. The molecule has 2 aromatic heterocycles. The largest absolute Gasteiger partial charge is 0.507 e. The van der Waals surface area contributed by atoms with Gasteiger partial charge in [-0.3, -0.25) is 4.79 Å². The number of amides is 2. The second-order valence-electron chi connectivity index (χ2n) is 8.27. The van der Waals surface area contributed by atoms with E-state index in [-0.39, 0.29) is 23.6 Å². The summed E-state index contributed by atoms with van der Waals surface area (Å²) in [4.78, 5) is 25.1. The Morgan fingerprint density at radius 1 is 1.19 bits per heavy atom. The molecule has 1 aliphatic rings. The Bertz CT molecular complexity index is 1120. The third kappa shape index (κ3) is 4.39. The van der Waals surface area contributed by atoms with Crippen molar-refractivity contribution < 1.29 is 14.7 Å². The fraction of sp³-hybridized carbons (Fsp3) is 0.375. The van der Waals surface area contributed by atoms with Crippen LogP contribution in [0.15, 0.2) is 42.6 Å². The van der Waals surface area contributed by atoms with Crippen LogP contribution >= 0.6 is 0 Å². The van der Waals surface area contributed by atoms with Crippen LogP contribution < -0.4 is 10.6 Å². The summed E-state index contributed by atoms with van der Waals surface area (Å²) in [6.07, 6.45) is 6.98. The number of hydrogen-bond donors (Lipinski definition) is 3. The topological polar surface area (TPSA) is 101 Å². The molecular weight excluding hydrogens is 406 g/mol. The quantitative estimate of drug-likeness (QED) is 0.532. The number of rotatable bonds is 6. The van der Waals surface area contributed by atoms with Crippen molar-refractivity contribution in [3.05, 3.63) is 54.0 Å². The van der Waals surface area contributed by atoms with Crippen LogP contribution in [-0.2, 0) is 7.05 Å². The third-order valence-electron chi connectivity index (χ3n) is 5.94. The number of carbonyl (C=O) groups is 2. The predicted octanol–water partition coefficient (Wildman–Crippen LogP) is 4.47. The molecule has 0 unspecified atom stereocenters. The van der Waals surface area contributed by atoms with E-state index in [1.165, 1.54) is 10.7 Å². The van der Waals surface area contributed by atoms with Gasteiger partial charge in [-0.1, -0.05) is 19.8 Å². The minimum atomic E-state index is -0.259. The van der Waals surface area contributed by atoms with Gasteiger partial charge in [-0.15, -0.1) is 0 Å². The number of phenolic OH excluding ortho intramolecular Hbond substituents is 1. The molecule has 0 saturated heterocycles. The van der Waals surface area contributed by atoms with Gasteiger partial charge in [-0.25, -0.2) is 4.79 Å². The molecule has 0 atom stereocenters. The van der Waals surface area contributed by atoms with Crippen molar-refractivity contribution in [2.75, 3.05) is 11.9 Å². The lowest BCUT2D eigenvalue weighted by Crippen LogP contribution is -2.31. The molecule has 1 fully saturated rings. The average Bonchev–Trinajstić information content (AvgIpc) is 3.52. The summed E-state index contributed by atoms with van der Waals surface area (Å²) in [6, 6.07) is 10.1. The molecule has 8 heteroatoms. The van der Waals surface area contributed by atoms with E-state index in [1.54, 1.807) is 42.1 Å². The van der Waals surface area contributed by atoms with Crippen LogP contribution in [0.4, 0.5) is 10.5 Å². The van der Waals surface area contributed by atoms with Gasteiger partial charge < -0.3 is 20.3 Å². The second-order valence-corrected chi connectivity index (χ2v) is 8.27. The SMILES string of the molecule is CCCNC(=O)n1nc(-c2ccc(NC(=O)c3cccn3C)cc2O)cc1C1CCCC1. The minimum Gasteiger partial charge on any atom is -0.507 e. The number of nitrogens with zero attached hydrogens (tertiary/aromatic N) is 3. The Morgan fingerprint density at radius 2 is 1.97 bits per heavy atom. The first-order valence-electron chi connectivity index (χ1n) is 11.1. The number of carbonyl (C=O) groups excluding carboxylic acids is 2. The molecule has 168 valence electrons. The standard InChI is InChI=1S/C24H29N5O3/c1-3-12-25-24(32)29-21(16-7-4-5-8-16)15-19(27-29)18-11-10-17(14-22(18)30)26-23(31)20-9-6-13-28(20)2/h6,9-11,13-16,30H,3-5,7-8,12H2,1-2H3,(H,25,32)(H,26,31). The zero-order valence-electron chi connectivity index (χ0n) is 18.5. The summed E-state index contributed by atoms with van der Waals surface area (Å²) >= 11 is 0. The summed E-state index contributed by atoms with van der Waals surface area (Å²) in [7, 11) is 1.80. The first kappa shape index (κ1) is 21.7. The molecule has 8 nitrogen and oxygen atoms in total. The predicted molar refractivity (Wildman–Crippen MR) is 123 cm³/mol. The molecule has 2 amide bonds. The fourth-order valence-corrected chi connectivity index (χ4v) is 4.23. The molecule has 1 aliphatic carbocycles. The summed E-state index contributed by atoms with van der Waals surface area (Å²) in [6.45, 7) is 2.59. The van der Waals surface area contributed by atoms with Crippen LogP contribution in [0.5, 0.6) is 5.75 Å². The first-order valence-corrected chi connectivity index (χ1v) is 11.1. The van der Waals surface area contributed by atoms with Gasteiger partial charge in [0.25, 0.3) is 5.91 Å². The molecular formula is C24H29N5O3. The Balaban J connectivity index is 1.60. The Morgan fingerprint density at radius 3 is 2.62 bits per heavy atom. The number of anilines is 1. The lowest BCUT2D eigenvalue weighted by atomic mass is 10.0. The zero-order valence-corrected chi connectivity index (χ0v) is 18.5. The van der Waals surface area contributed by atoms with Crippen LogP contribution in [-0.4, -0.2) is 37.9 Å². The lowest BCUT2D eigenvalue weighted by molar-refractivity contribution is 0.101.